The first-order valence-corrected chi connectivity index (χ1v) is 7.76. The highest BCUT2D eigenvalue weighted by atomic mass is 32.2. The van der Waals surface area contributed by atoms with Crippen LogP contribution in [0.15, 0.2) is 12.3 Å². The maximum Gasteiger partial charge on any atom is 0.235 e. The minimum Gasteiger partial charge on any atom is -0.308 e. The quantitative estimate of drug-likeness (QED) is 0.882. The fourth-order valence-electron chi connectivity index (χ4n) is 1.40. The molecule has 0 atom stereocenters. The molecule has 0 saturated heterocycles. The van der Waals surface area contributed by atoms with Crippen molar-refractivity contribution in [2.45, 2.75) is 26.1 Å². The lowest BCUT2D eigenvalue weighted by molar-refractivity contribution is -0.113. The lowest BCUT2D eigenvalue weighted by Crippen LogP contribution is -2.15. The number of hydrogen-bond acceptors (Lipinski definition) is 6. The van der Waals surface area contributed by atoms with Gasteiger partial charge < -0.3 is 5.32 Å². The summed E-state index contributed by atoms with van der Waals surface area (Å²) in [6.07, 6.45) is 1.84. The van der Waals surface area contributed by atoms with Gasteiger partial charge in [0, 0.05) is 24.6 Å². The van der Waals surface area contributed by atoms with Gasteiger partial charge in [0.1, 0.15) is 0 Å². The van der Waals surface area contributed by atoms with E-state index in [1.54, 1.807) is 10.7 Å². The maximum atomic E-state index is 11.7. The van der Waals surface area contributed by atoms with Gasteiger partial charge in [-0.15, -0.1) is 11.8 Å². The van der Waals surface area contributed by atoms with Gasteiger partial charge in [-0.2, -0.15) is 13.8 Å². The summed E-state index contributed by atoms with van der Waals surface area (Å²) in [6.45, 7) is 4.72. The smallest absolute Gasteiger partial charge is 0.235 e. The van der Waals surface area contributed by atoms with E-state index in [0.29, 0.717) is 17.3 Å². The van der Waals surface area contributed by atoms with Crippen LogP contribution in [0, 0.1) is 6.92 Å². The molecule has 0 spiro atoms. The van der Waals surface area contributed by atoms with Gasteiger partial charge in [-0.1, -0.05) is 0 Å². The van der Waals surface area contributed by atoms with Crippen molar-refractivity contribution < 1.29 is 4.79 Å². The largest absolute Gasteiger partial charge is 0.308 e. The number of carbonyl (C=O) groups is 1. The molecule has 0 aliphatic carbocycles. The van der Waals surface area contributed by atoms with Gasteiger partial charge in [-0.25, -0.2) is 0 Å². The average molecular weight is 297 g/mol. The third kappa shape index (κ3) is 4.03. The number of anilines is 1. The van der Waals surface area contributed by atoms with Gasteiger partial charge in [0.2, 0.25) is 5.91 Å². The van der Waals surface area contributed by atoms with Gasteiger partial charge in [-0.3, -0.25) is 9.48 Å². The van der Waals surface area contributed by atoms with Crippen LogP contribution in [-0.4, -0.2) is 30.2 Å². The van der Waals surface area contributed by atoms with Crippen LogP contribution in [0.2, 0.25) is 0 Å². The van der Waals surface area contributed by atoms with Gasteiger partial charge >= 0.3 is 0 Å². The van der Waals surface area contributed by atoms with Crippen LogP contribution in [0.3, 0.4) is 0 Å². The highest BCUT2D eigenvalue weighted by molar-refractivity contribution is 7.99. The van der Waals surface area contributed by atoms with Crippen molar-refractivity contribution in [3.63, 3.8) is 0 Å². The molecule has 1 amide bonds. The average Bonchev–Trinajstić information content (AvgIpc) is 2.99. The Hall–Kier alpha value is -1.41. The van der Waals surface area contributed by atoms with E-state index in [4.69, 9.17) is 0 Å². The minimum atomic E-state index is -0.0489. The van der Waals surface area contributed by atoms with Crippen LogP contribution in [0.4, 0.5) is 5.82 Å². The summed E-state index contributed by atoms with van der Waals surface area (Å²) >= 11 is 2.73. The summed E-state index contributed by atoms with van der Waals surface area (Å²) in [7, 11) is 0. The van der Waals surface area contributed by atoms with E-state index < -0.39 is 0 Å². The lowest BCUT2D eigenvalue weighted by Gasteiger charge is -2.01. The Morgan fingerprint density at radius 3 is 3.00 bits per heavy atom. The Morgan fingerprint density at radius 2 is 2.37 bits per heavy atom. The van der Waals surface area contributed by atoms with Gasteiger partial charge in [0.25, 0.3) is 0 Å². The minimum absolute atomic E-state index is 0.0489. The molecular weight excluding hydrogens is 282 g/mol. The molecule has 0 fully saturated rings. The van der Waals surface area contributed by atoms with E-state index in [1.807, 2.05) is 20.0 Å². The second kappa shape index (κ2) is 6.67. The van der Waals surface area contributed by atoms with E-state index >= 15 is 0 Å². The maximum absolute atomic E-state index is 11.7. The highest BCUT2D eigenvalue weighted by Crippen LogP contribution is 2.14. The van der Waals surface area contributed by atoms with Crippen LogP contribution in [0.1, 0.15) is 18.3 Å². The Labute approximate surface area is 119 Å². The number of hydrogen-bond donors (Lipinski definition) is 1. The summed E-state index contributed by atoms with van der Waals surface area (Å²) in [4.78, 5) is 11.7. The Bertz CT molecular complexity index is 551. The van der Waals surface area contributed by atoms with Crippen molar-refractivity contribution in [1.29, 1.82) is 0 Å². The zero-order chi connectivity index (χ0) is 13.7. The summed E-state index contributed by atoms with van der Waals surface area (Å²) in [5.41, 5.74) is 1.90. The summed E-state index contributed by atoms with van der Waals surface area (Å²) in [5.74, 6) is 1.64. The SMILES string of the molecule is CCn1ccc(NC(=O)CSCc2nsnc2C)n1. The first kappa shape index (κ1) is 14.0. The number of rotatable bonds is 6. The van der Waals surface area contributed by atoms with Crippen molar-refractivity contribution in [3.05, 3.63) is 23.7 Å². The molecule has 19 heavy (non-hydrogen) atoms. The monoisotopic (exact) mass is 297 g/mol. The lowest BCUT2D eigenvalue weighted by atomic mass is 10.4. The molecule has 2 rings (SSSR count). The van der Waals surface area contributed by atoms with Gasteiger partial charge in [-0.05, 0) is 13.8 Å². The fraction of sp³-hybridized carbons (Fsp3) is 0.455. The van der Waals surface area contributed by atoms with Gasteiger partial charge in [0.05, 0.1) is 28.9 Å². The molecule has 8 heteroatoms. The fourth-order valence-corrected chi connectivity index (χ4v) is 2.88. The Balaban J connectivity index is 1.74. The van der Waals surface area contributed by atoms with E-state index in [0.717, 1.165) is 17.9 Å². The molecule has 2 heterocycles. The molecule has 0 radical (unpaired) electrons. The number of carbonyl (C=O) groups excluding carboxylic acids is 1. The molecule has 0 unspecified atom stereocenters. The second-order valence-corrected chi connectivity index (χ2v) is 5.41. The molecule has 1 N–H and O–H groups in total. The molecule has 0 aliphatic heterocycles. The molecule has 0 bridgehead atoms. The van der Waals surface area contributed by atoms with Crippen molar-refractivity contribution in [3.8, 4) is 0 Å². The third-order valence-corrected chi connectivity index (χ3v) is 4.05. The van der Waals surface area contributed by atoms with Crippen molar-refractivity contribution in [1.82, 2.24) is 18.5 Å². The summed E-state index contributed by atoms with van der Waals surface area (Å²) < 4.78 is 10.0. The Morgan fingerprint density at radius 1 is 1.53 bits per heavy atom. The number of nitrogens with one attached hydrogen (secondary N) is 1. The van der Waals surface area contributed by atoms with Crippen molar-refractivity contribution in [2.75, 3.05) is 11.1 Å². The van der Waals surface area contributed by atoms with E-state index in [-0.39, 0.29) is 5.91 Å². The predicted octanol–water partition coefficient (Wildman–Crippen LogP) is 1.93. The first-order valence-electron chi connectivity index (χ1n) is 5.88. The number of nitrogens with zero attached hydrogens (tertiary/aromatic N) is 4. The molecule has 2 aromatic heterocycles. The second-order valence-electron chi connectivity index (χ2n) is 3.89. The zero-order valence-electron chi connectivity index (χ0n) is 10.8. The molecule has 0 aliphatic rings. The number of thioether (sulfide) groups is 1. The number of amides is 1. The molecule has 0 saturated carbocycles. The van der Waals surface area contributed by atoms with Crippen molar-refractivity contribution in [2.24, 2.45) is 0 Å². The molecule has 6 nitrogen and oxygen atoms in total. The zero-order valence-corrected chi connectivity index (χ0v) is 12.4. The topological polar surface area (TPSA) is 72.7 Å². The van der Waals surface area contributed by atoms with E-state index in [1.165, 1.54) is 23.5 Å². The van der Waals surface area contributed by atoms with Crippen LogP contribution >= 0.6 is 23.5 Å². The first-order chi connectivity index (χ1) is 9.19. The van der Waals surface area contributed by atoms with Crippen LogP contribution < -0.4 is 5.32 Å². The van der Waals surface area contributed by atoms with Crippen LogP contribution in [-0.2, 0) is 17.1 Å². The summed E-state index contributed by atoms with van der Waals surface area (Å²) in [6, 6.07) is 1.79. The highest BCUT2D eigenvalue weighted by Gasteiger charge is 2.07. The Kier molecular flexibility index (Phi) is 4.92. The number of aromatic nitrogens is 4. The van der Waals surface area contributed by atoms with Crippen LogP contribution in [0.25, 0.3) is 0 Å². The molecular formula is C11H15N5OS2. The summed E-state index contributed by atoms with van der Waals surface area (Å²) in [5, 5.41) is 6.96. The van der Waals surface area contributed by atoms with Gasteiger partial charge in [0.15, 0.2) is 5.82 Å². The molecule has 2 aromatic rings. The predicted molar refractivity (Wildman–Crippen MR) is 77.3 cm³/mol. The van der Waals surface area contributed by atoms with Crippen molar-refractivity contribution >= 4 is 35.2 Å². The van der Waals surface area contributed by atoms with Crippen LogP contribution in [0.5, 0.6) is 0 Å². The third-order valence-electron chi connectivity index (χ3n) is 2.45. The normalized spacial score (nSPS) is 10.6. The molecule has 0 aromatic carbocycles. The standard InChI is InChI=1S/C11H15N5OS2/c1-3-16-5-4-10(13-16)12-11(17)7-18-6-9-8(2)14-19-15-9/h4-5H,3,6-7H2,1-2H3,(H,12,13,17). The van der Waals surface area contributed by atoms with E-state index in [2.05, 4.69) is 19.2 Å². The number of aryl methyl sites for hydroxylation is 2. The van der Waals surface area contributed by atoms with E-state index in [9.17, 15) is 4.79 Å². The molecule has 102 valence electrons.